The Balaban J connectivity index is 1.67. The molecule has 1 heterocycles. The van der Waals surface area contributed by atoms with Crippen LogP contribution >= 0.6 is 11.6 Å². The third kappa shape index (κ3) is 2.65. The summed E-state index contributed by atoms with van der Waals surface area (Å²) < 4.78 is 0. The molecule has 0 atom stereocenters. The average molecular weight is 277 g/mol. The number of H-pyrrole nitrogens is 1. The fourth-order valence-electron chi connectivity index (χ4n) is 3.18. The third-order valence-electron chi connectivity index (χ3n) is 4.38. The number of para-hydroxylation sites is 1. The van der Waals surface area contributed by atoms with Crippen LogP contribution in [0.25, 0.3) is 10.9 Å². The zero-order chi connectivity index (χ0) is 13.3. The highest BCUT2D eigenvalue weighted by atomic mass is 35.5. The Morgan fingerprint density at radius 1 is 1.26 bits per heavy atom. The van der Waals surface area contributed by atoms with Gasteiger partial charge in [-0.15, -0.1) is 0 Å². The molecule has 3 rings (SSSR count). The van der Waals surface area contributed by atoms with Crippen molar-refractivity contribution in [3.8, 4) is 0 Å². The maximum Gasteiger partial charge on any atom is 0.0705 e. The van der Waals surface area contributed by atoms with Crippen LogP contribution in [-0.4, -0.2) is 11.5 Å². The van der Waals surface area contributed by atoms with E-state index in [0.29, 0.717) is 5.41 Å². The number of halogens is 1. The predicted octanol–water partition coefficient (Wildman–Crippen LogP) is 4.49. The molecule has 2 aromatic rings. The van der Waals surface area contributed by atoms with Crippen molar-refractivity contribution < 1.29 is 0 Å². The Morgan fingerprint density at radius 3 is 2.74 bits per heavy atom. The molecule has 2 nitrogen and oxygen atoms in total. The molecule has 1 aliphatic carbocycles. The minimum absolute atomic E-state index is 0.485. The lowest BCUT2D eigenvalue weighted by Crippen LogP contribution is -2.29. The number of benzene rings is 1. The molecule has 1 fully saturated rings. The highest BCUT2D eigenvalue weighted by molar-refractivity contribution is 6.36. The van der Waals surface area contributed by atoms with Crippen LogP contribution < -0.4 is 5.32 Å². The summed E-state index contributed by atoms with van der Waals surface area (Å²) in [5.74, 6) is 0. The Bertz CT molecular complexity index is 567. The van der Waals surface area contributed by atoms with Gasteiger partial charge in [0.2, 0.25) is 0 Å². The van der Waals surface area contributed by atoms with E-state index in [2.05, 4.69) is 29.4 Å². The first kappa shape index (κ1) is 13.0. The van der Waals surface area contributed by atoms with Gasteiger partial charge < -0.3 is 10.3 Å². The SMILES string of the molecule is CC1(CNCc2[nH]c3ccccc3c2Cl)CCCC1. The Kier molecular flexibility index (Phi) is 3.55. The Morgan fingerprint density at radius 2 is 2.00 bits per heavy atom. The molecule has 0 bridgehead atoms. The fraction of sp³-hybridized carbons (Fsp3) is 0.500. The van der Waals surface area contributed by atoms with Crippen molar-refractivity contribution in [2.24, 2.45) is 5.41 Å². The molecule has 1 saturated carbocycles. The van der Waals surface area contributed by atoms with Gasteiger partial charge in [-0.3, -0.25) is 0 Å². The highest BCUT2D eigenvalue weighted by Crippen LogP contribution is 2.36. The molecule has 0 aliphatic heterocycles. The molecule has 102 valence electrons. The monoisotopic (exact) mass is 276 g/mol. The van der Waals surface area contributed by atoms with E-state index >= 15 is 0 Å². The van der Waals surface area contributed by atoms with Crippen molar-refractivity contribution in [2.45, 2.75) is 39.2 Å². The summed E-state index contributed by atoms with van der Waals surface area (Å²) in [6.07, 6.45) is 5.46. The molecule has 0 spiro atoms. The minimum Gasteiger partial charge on any atom is -0.356 e. The standard InChI is InChI=1S/C16H21ClN2/c1-16(8-4-5-9-16)11-18-10-14-15(17)12-6-2-3-7-13(12)19-14/h2-3,6-7,18-19H,4-5,8-11H2,1H3. The van der Waals surface area contributed by atoms with Gasteiger partial charge >= 0.3 is 0 Å². The molecule has 0 radical (unpaired) electrons. The number of rotatable bonds is 4. The van der Waals surface area contributed by atoms with Gasteiger partial charge in [0.15, 0.2) is 0 Å². The van der Waals surface area contributed by atoms with Gasteiger partial charge in [0.25, 0.3) is 0 Å². The fourth-order valence-corrected chi connectivity index (χ4v) is 3.46. The van der Waals surface area contributed by atoms with E-state index in [0.717, 1.165) is 34.7 Å². The van der Waals surface area contributed by atoms with E-state index in [1.165, 1.54) is 25.7 Å². The number of aromatic nitrogens is 1. The first-order valence-electron chi connectivity index (χ1n) is 7.14. The summed E-state index contributed by atoms with van der Waals surface area (Å²) in [5.41, 5.74) is 2.71. The molecule has 3 heteroatoms. The van der Waals surface area contributed by atoms with Crippen molar-refractivity contribution in [2.75, 3.05) is 6.54 Å². The van der Waals surface area contributed by atoms with Gasteiger partial charge in [0.1, 0.15) is 0 Å². The smallest absolute Gasteiger partial charge is 0.0705 e. The van der Waals surface area contributed by atoms with Gasteiger partial charge in [-0.25, -0.2) is 0 Å². The van der Waals surface area contributed by atoms with Gasteiger partial charge in [0.05, 0.1) is 5.02 Å². The van der Waals surface area contributed by atoms with Crippen LogP contribution in [0, 0.1) is 5.41 Å². The van der Waals surface area contributed by atoms with Crippen molar-refractivity contribution in [3.05, 3.63) is 35.0 Å². The molecule has 1 aliphatic rings. The summed E-state index contributed by atoms with van der Waals surface area (Å²) in [7, 11) is 0. The largest absolute Gasteiger partial charge is 0.356 e. The number of fused-ring (bicyclic) bond motifs is 1. The molecule has 19 heavy (non-hydrogen) atoms. The molecule has 1 aromatic carbocycles. The van der Waals surface area contributed by atoms with Crippen LogP contribution in [0.3, 0.4) is 0 Å². The van der Waals surface area contributed by atoms with Crippen molar-refractivity contribution in [3.63, 3.8) is 0 Å². The average Bonchev–Trinajstić information content (AvgIpc) is 2.96. The van der Waals surface area contributed by atoms with Gasteiger partial charge in [-0.05, 0) is 24.3 Å². The first-order valence-corrected chi connectivity index (χ1v) is 7.52. The summed E-state index contributed by atoms with van der Waals surface area (Å²) >= 11 is 6.42. The summed E-state index contributed by atoms with van der Waals surface area (Å²) in [4.78, 5) is 3.41. The van der Waals surface area contributed by atoms with Crippen molar-refractivity contribution >= 4 is 22.5 Å². The van der Waals surface area contributed by atoms with Gasteiger partial charge in [-0.2, -0.15) is 0 Å². The molecule has 1 aromatic heterocycles. The number of hydrogen-bond acceptors (Lipinski definition) is 1. The lowest BCUT2D eigenvalue weighted by Gasteiger charge is -2.23. The highest BCUT2D eigenvalue weighted by Gasteiger charge is 2.27. The zero-order valence-corrected chi connectivity index (χ0v) is 12.2. The molecule has 0 unspecified atom stereocenters. The van der Waals surface area contributed by atoms with Crippen molar-refractivity contribution in [1.82, 2.24) is 10.3 Å². The maximum absolute atomic E-state index is 6.42. The van der Waals surface area contributed by atoms with Crippen LogP contribution in [0.15, 0.2) is 24.3 Å². The van der Waals surface area contributed by atoms with E-state index in [-0.39, 0.29) is 0 Å². The topological polar surface area (TPSA) is 27.8 Å². The van der Waals surface area contributed by atoms with Crippen molar-refractivity contribution in [1.29, 1.82) is 0 Å². The lowest BCUT2D eigenvalue weighted by molar-refractivity contribution is 0.314. The minimum atomic E-state index is 0.485. The number of aromatic amines is 1. The maximum atomic E-state index is 6.42. The molecule has 0 amide bonds. The predicted molar refractivity (Wildman–Crippen MR) is 81.6 cm³/mol. The second kappa shape index (κ2) is 5.18. The molecular formula is C16H21ClN2. The molecular weight excluding hydrogens is 256 g/mol. The van der Waals surface area contributed by atoms with Crippen LogP contribution in [0.1, 0.15) is 38.3 Å². The normalized spacial score (nSPS) is 18.2. The Labute approximate surface area is 119 Å². The third-order valence-corrected chi connectivity index (χ3v) is 4.81. The Hall–Kier alpha value is -0.990. The first-order chi connectivity index (χ1) is 9.18. The van der Waals surface area contributed by atoms with Crippen LogP contribution in [0.5, 0.6) is 0 Å². The van der Waals surface area contributed by atoms with E-state index in [4.69, 9.17) is 11.6 Å². The lowest BCUT2D eigenvalue weighted by atomic mass is 9.89. The molecule has 0 saturated heterocycles. The summed E-state index contributed by atoms with van der Waals surface area (Å²) in [6, 6.07) is 8.20. The van der Waals surface area contributed by atoms with Crippen LogP contribution in [0.4, 0.5) is 0 Å². The van der Waals surface area contributed by atoms with Crippen LogP contribution in [0.2, 0.25) is 5.02 Å². The molecule has 2 N–H and O–H groups in total. The number of hydrogen-bond donors (Lipinski definition) is 2. The van der Waals surface area contributed by atoms with E-state index in [9.17, 15) is 0 Å². The van der Waals surface area contributed by atoms with Crippen LogP contribution in [-0.2, 0) is 6.54 Å². The summed E-state index contributed by atoms with van der Waals surface area (Å²) in [5, 5.41) is 5.55. The van der Waals surface area contributed by atoms with E-state index in [1.807, 2.05) is 12.1 Å². The zero-order valence-electron chi connectivity index (χ0n) is 11.4. The van der Waals surface area contributed by atoms with Gasteiger partial charge in [0, 0.05) is 29.7 Å². The number of nitrogens with one attached hydrogen (secondary N) is 2. The van der Waals surface area contributed by atoms with Gasteiger partial charge in [-0.1, -0.05) is 49.6 Å². The summed E-state index contributed by atoms with van der Waals surface area (Å²) in [6.45, 7) is 4.29. The van der Waals surface area contributed by atoms with E-state index < -0.39 is 0 Å². The van der Waals surface area contributed by atoms with E-state index in [1.54, 1.807) is 0 Å². The second-order valence-electron chi connectivity index (χ2n) is 6.08. The second-order valence-corrected chi connectivity index (χ2v) is 6.46. The quantitative estimate of drug-likeness (QED) is 0.846.